The highest BCUT2D eigenvalue weighted by atomic mass is 16.2. The van der Waals surface area contributed by atoms with Gasteiger partial charge in [-0.25, -0.2) is 4.79 Å². The monoisotopic (exact) mass is 364 g/mol. The van der Waals surface area contributed by atoms with E-state index in [1.165, 1.54) is 0 Å². The van der Waals surface area contributed by atoms with Crippen LogP contribution in [0.25, 0.3) is 0 Å². The summed E-state index contributed by atoms with van der Waals surface area (Å²) in [7, 11) is 1.98. The Morgan fingerprint density at radius 2 is 1.92 bits per heavy atom. The maximum Gasteiger partial charge on any atom is 0.318 e. The van der Waals surface area contributed by atoms with Gasteiger partial charge in [0.2, 0.25) is 5.91 Å². The lowest BCUT2D eigenvalue weighted by Gasteiger charge is -2.31. The van der Waals surface area contributed by atoms with E-state index in [0.717, 1.165) is 18.5 Å². The Kier molecular flexibility index (Phi) is 9.24. The minimum Gasteiger partial charge on any atom is -0.353 e. The Morgan fingerprint density at radius 1 is 1.23 bits per heavy atom. The van der Waals surface area contributed by atoms with E-state index in [2.05, 4.69) is 26.1 Å². The molecule has 6 nitrogen and oxygen atoms in total. The van der Waals surface area contributed by atoms with Crippen LogP contribution in [0.2, 0.25) is 0 Å². The minimum absolute atomic E-state index is 0.0146. The molecular weight excluding hydrogens is 328 g/mol. The lowest BCUT2D eigenvalue weighted by Crippen LogP contribution is -2.50. The van der Waals surface area contributed by atoms with Crippen molar-refractivity contribution in [2.24, 2.45) is 13.0 Å². The second kappa shape index (κ2) is 10.9. The number of nitrogens with zero attached hydrogens (tertiary/aromatic N) is 3. The van der Waals surface area contributed by atoms with Gasteiger partial charge in [0.15, 0.2) is 0 Å². The number of urea groups is 1. The van der Waals surface area contributed by atoms with Crippen LogP contribution in [-0.4, -0.2) is 52.0 Å². The summed E-state index contributed by atoms with van der Waals surface area (Å²) < 4.78 is 2.03. The number of amides is 3. The van der Waals surface area contributed by atoms with Gasteiger partial charge in [0, 0.05) is 38.1 Å². The van der Waals surface area contributed by atoms with E-state index in [-0.39, 0.29) is 24.5 Å². The number of unbranched alkanes of at least 4 members (excludes halogenated alkanes) is 1. The molecule has 6 heteroatoms. The van der Waals surface area contributed by atoms with Gasteiger partial charge in [-0.05, 0) is 38.3 Å². The zero-order chi connectivity index (χ0) is 19.7. The third-order valence-corrected chi connectivity index (χ3v) is 4.34. The predicted octanol–water partition coefficient (Wildman–Crippen LogP) is 3.23. The van der Waals surface area contributed by atoms with Crippen molar-refractivity contribution in [1.29, 1.82) is 0 Å². The van der Waals surface area contributed by atoms with Crippen molar-refractivity contribution in [3.05, 3.63) is 24.0 Å². The Labute approximate surface area is 158 Å². The Morgan fingerprint density at radius 3 is 2.42 bits per heavy atom. The fraction of sp³-hybridized carbons (Fsp3) is 0.700. The van der Waals surface area contributed by atoms with Gasteiger partial charge < -0.3 is 19.7 Å². The minimum atomic E-state index is -0.162. The molecule has 1 rings (SSSR count). The molecule has 0 spiro atoms. The molecule has 1 aromatic heterocycles. The van der Waals surface area contributed by atoms with E-state index in [4.69, 9.17) is 0 Å². The number of nitrogens with one attached hydrogen (secondary N) is 1. The highest BCUT2D eigenvalue weighted by Crippen LogP contribution is 2.10. The molecule has 0 saturated carbocycles. The van der Waals surface area contributed by atoms with Crippen molar-refractivity contribution in [1.82, 2.24) is 19.7 Å². The smallest absolute Gasteiger partial charge is 0.318 e. The normalized spacial score (nSPS) is 11.1. The van der Waals surface area contributed by atoms with Gasteiger partial charge in [-0.2, -0.15) is 0 Å². The zero-order valence-electron chi connectivity index (χ0n) is 17.3. The highest BCUT2D eigenvalue weighted by Gasteiger charge is 2.24. The average molecular weight is 365 g/mol. The summed E-state index contributed by atoms with van der Waals surface area (Å²) in [5.74, 6) is 0.351. The number of aromatic nitrogens is 1. The standard InChI is InChI=1S/C20H36N4O2/c1-7-8-11-21-20(26)24(17(4)5)15-19(25)23(13-16(2)3)14-18-10-9-12-22(18)6/h9-10,12,16-17H,7-8,11,13-15H2,1-6H3,(H,21,26). The van der Waals surface area contributed by atoms with Gasteiger partial charge in [-0.15, -0.1) is 0 Å². The summed E-state index contributed by atoms with van der Waals surface area (Å²) >= 11 is 0. The lowest BCUT2D eigenvalue weighted by molar-refractivity contribution is -0.133. The molecule has 1 heterocycles. The quantitative estimate of drug-likeness (QED) is 0.648. The maximum absolute atomic E-state index is 13.0. The third kappa shape index (κ3) is 7.10. The number of carbonyl (C=O) groups excluding carboxylic acids is 2. The van der Waals surface area contributed by atoms with Gasteiger partial charge in [0.1, 0.15) is 6.54 Å². The average Bonchev–Trinajstić information content (AvgIpc) is 2.96. The molecule has 0 aliphatic carbocycles. The van der Waals surface area contributed by atoms with Crippen molar-refractivity contribution in [3.8, 4) is 0 Å². The van der Waals surface area contributed by atoms with Crippen LogP contribution in [0.1, 0.15) is 53.2 Å². The third-order valence-electron chi connectivity index (χ3n) is 4.34. The van der Waals surface area contributed by atoms with Crippen molar-refractivity contribution in [2.75, 3.05) is 19.6 Å². The zero-order valence-corrected chi connectivity index (χ0v) is 17.3. The largest absolute Gasteiger partial charge is 0.353 e. The number of carbonyl (C=O) groups is 2. The van der Waals surface area contributed by atoms with Crippen LogP contribution < -0.4 is 5.32 Å². The topological polar surface area (TPSA) is 57.6 Å². The molecule has 0 saturated heterocycles. The summed E-state index contributed by atoms with van der Waals surface area (Å²) in [6.45, 7) is 12.2. The molecule has 0 aliphatic heterocycles. The van der Waals surface area contributed by atoms with Crippen LogP contribution in [0.15, 0.2) is 18.3 Å². The van der Waals surface area contributed by atoms with Gasteiger partial charge >= 0.3 is 6.03 Å². The molecular formula is C20H36N4O2. The molecule has 0 atom stereocenters. The summed E-state index contributed by atoms with van der Waals surface area (Å²) in [4.78, 5) is 28.9. The van der Waals surface area contributed by atoms with E-state index >= 15 is 0 Å². The summed E-state index contributed by atoms with van der Waals surface area (Å²) in [5.41, 5.74) is 1.09. The first-order valence-corrected chi connectivity index (χ1v) is 9.68. The Hall–Kier alpha value is -1.98. The van der Waals surface area contributed by atoms with Crippen LogP contribution in [0.5, 0.6) is 0 Å². The number of hydrogen-bond acceptors (Lipinski definition) is 2. The van der Waals surface area contributed by atoms with Gasteiger partial charge in [-0.1, -0.05) is 27.2 Å². The predicted molar refractivity (Wildman–Crippen MR) is 106 cm³/mol. The van der Waals surface area contributed by atoms with Crippen LogP contribution >= 0.6 is 0 Å². The summed E-state index contributed by atoms with van der Waals surface area (Å²) in [6, 6.07) is 3.81. The molecule has 0 radical (unpaired) electrons. The molecule has 3 amide bonds. The van der Waals surface area contributed by atoms with Crippen LogP contribution in [0.4, 0.5) is 4.79 Å². The highest BCUT2D eigenvalue weighted by molar-refractivity contribution is 5.84. The van der Waals surface area contributed by atoms with E-state index in [1.807, 2.05) is 48.7 Å². The number of aryl methyl sites for hydroxylation is 1. The first kappa shape index (κ1) is 22.1. The SMILES string of the molecule is CCCCNC(=O)N(CC(=O)N(Cc1cccn1C)CC(C)C)C(C)C. The molecule has 26 heavy (non-hydrogen) atoms. The van der Waals surface area contributed by atoms with E-state index in [9.17, 15) is 9.59 Å². The van der Waals surface area contributed by atoms with Crippen molar-refractivity contribution in [2.45, 2.75) is 60.0 Å². The molecule has 0 fully saturated rings. The molecule has 0 bridgehead atoms. The Bertz CT molecular complexity index is 566. The van der Waals surface area contributed by atoms with Crippen molar-refractivity contribution < 1.29 is 9.59 Å². The first-order chi connectivity index (χ1) is 12.3. The van der Waals surface area contributed by atoms with Gasteiger partial charge in [-0.3, -0.25) is 4.79 Å². The van der Waals surface area contributed by atoms with E-state index in [0.29, 0.717) is 25.6 Å². The summed E-state index contributed by atoms with van der Waals surface area (Å²) in [6.07, 6.45) is 3.95. The second-order valence-corrected chi connectivity index (χ2v) is 7.59. The molecule has 0 unspecified atom stereocenters. The number of hydrogen-bond donors (Lipinski definition) is 1. The number of rotatable bonds is 10. The van der Waals surface area contributed by atoms with Crippen LogP contribution in [0.3, 0.4) is 0 Å². The molecule has 0 aliphatic rings. The molecule has 1 aromatic rings. The molecule has 1 N–H and O–H groups in total. The molecule has 0 aromatic carbocycles. The van der Waals surface area contributed by atoms with E-state index in [1.54, 1.807) is 4.90 Å². The van der Waals surface area contributed by atoms with Gasteiger partial charge in [0.25, 0.3) is 0 Å². The van der Waals surface area contributed by atoms with Gasteiger partial charge in [0.05, 0.1) is 6.54 Å². The lowest BCUT2D eigenvalue weighted by atomic mass is 10.2. The van der Waals surface area contributed by atoms with Crippen LogP contribution in [-0.2, 0) is 18.4 Å². The second-order valence-electron chi connectivity index (χ2n) is 7.59. The van der Waals surface area contributed by atoms with Crippen molar-refractivity contribution in [3.63, 3.8) is 0 Å². The summed E-state index contributed by atoms with van der Waals surface area (Å²) in [5, 5.41) is 2.92. The fourth-order valence-corrected chi connectivity index (χ4v) is 2.76. The van der Waals surface area contributed by atoms with Crippen molar-refractivity contribution >= 4 is 11.9 Å². The first-order valence-electron chi connectivity index (χ1n) is 9.68. The Balaban J connectivity index is 2.80. The fourth-order valence-electron chi connectivity index (χ4n) is 2.76. The van der Waals surface area contributed by atoms with Crippen LogP contribution in [0, 0.1) is 5.92 Å². The molecule has 148 valence electrons. The maximum atomic E-state index is 13.0. The van der Waals surface area contributed by atoms with E-state index < -0.39 is 0 Å².